The summed E-state index contributed by atoms with van der Waals surface area (Å²) in [5.41, 5.74) is 1.80. The number of hydrogen-bond acceptors (Lipinski definition) is 2. The van der Waals surface area contributed by atoms with Crippen LogP contribution in [0.3, 0.4) is 0 Å². The van der Waals surface area contributed by atoms with Gasteiger partial charge in [0, 0.05) is 5.02 Å². The molecule has 1 heterocycles. The highest BCUT2D eigenvalue weighted by Gasteiger charge is 2.14. The highest BCUT2D eigenvalue weighted by molar-refractivity contribution is 6.31. The predicted molar refractivity (Wildman–Crippen MR) is 65.5 cm³/mol. The summed E-state index contributed by atoms with van der Waals surface area (Å²) >= 11 is 6.16. The Balaban J connectivity index is 2.06. The Bertz CT molecular complexity index is 403. The summed E-state index contributed by atoms with van der Waals surface area (Å²) in [7, 11) is 0. The number of benzene rings is 1. The van der Waals surface area contributed by atoms with E-state index in [0.29, 0.717) is 11.5 Å². The van der Waals surface area contributed by atoms with Crippen LogP contribution >= 0.6 is 11.6 Å². The first-order chi connectivity index (χ1) is 7.79. The van der Waals surface area contributed by atoms with E-state index in [1.807, 2.05) is 12.1 Å². The summed E-state index contributed by atoms with van der Waals surface area (Å²) in [4.78, 5) is 0. The van der Waals surface area contributed by atoms with Gasteiger partial charge in [0.25, 0.3) is 0 Å². The van der Waals surface area contributed by atoms with Crippen molar-refractivity contribution in [2.75, 3.05) is 13.1 Å². The number of nitrogens with zero attached hydrogens (tertiary/aromatic N) is 1. The van der Waals surface area contributed by atoms with Gasteiger partial charge in [-0.05, 0) is 56.0 Å². The van der Waals surface area contributed by atoms with Gasteiger partial charge in [-0.15, -0.1) is 0 Å². The van der Waals surface area contributed by atoms with E-state index in [2.05, 4.69) is 11.4 Å². The molecule has 1 fully saturated rings. The maximum atomic E-state index is 8.76. The minimum absolute atomic E-state index is 0.635. The largest absolute Gasteiger partial charge is 0.316 e. The maximum Gasteiger partial charge on any atom is 0.0992 e. The average Bonchev–Trinajstić information content (AvgIpc) is 2.33. The number of hydrogen-bond donors (Lipinski definition) is 1. The lowest BCUT2D eigenvalue weighted by Gasteiger charge is -2.23. The van der Waals surface area contributed by atoms with Crippen molar-refractivity contribution in [2.45, 2.75) is 19.3 Å². The molecule has 0 saturated carbocycles. The monoisotopic (exact) mass is 234 g/mol. The quantitative estimate of drug-likeness (QED) is 0.854. The lowest BCUT2D eigenvalue weighted by Crippen LogP contribution is -2.30. The second kappa shape index (κ2) is 5.34. The van der Waals surface area contributed by atoms with Crippen LogP contribution in [-0.4, -0.2) is 13.1 Å². The molecule has 1 N–H and O–H groups in total. The average molecular weight is 235 g/mol. The van der Waals surface area contributed by atoms with Crippen molar-refractivity contribution in [1.82, 2.24) is 5.32 Å². The van der Waals surface area contributed by atoms with Gasteiger partial charge in [0.05, 0.1) is 11.6 Å². The van der Waals surface area contributed by atoms with Gasteiger partial charge in [-0.1, -0.05) is 17.7 Å². The number of nitriles is 1. The Morgan fingerprint density at radius 3 is 3.00 bits per heavy atom. The fourth-order valence-corrected chi connectivity index (χ4v) is 2.45. The molecule has 1 aliphatic rings. The first-order valence-corrected chi connectivity index (χ1v) is 6.06. The zero-order chi connectivity index (χ0) is 11.4. The van der Waals surface area contributed by atoms with E-state index in [9.17, 15) is 0 Å². The van der Waals surface area contributed by atoms with Crippen LogP contribution in [0.15, 0.2) is 18.2 Å². The Labute approximate surface area is 101 Å². The number of rotatable bonds is 2. The molecule has 84 valence electrons. The Morgan fingerprint density at radius 1 is 1.50 bits per heavy atom. The molecule has 2 rings (SSSR count). The van der Waals surface area contributed by atoms with Gasteiger partial charge >= 0.3 is 0 Å². The molecule has 0 amide bonds. The summed E-state index contributed by atoms with van der Waals surface area (Å²) in [6, 6.07) is 7.69. The predicted octanol–water partition coefficient (Wildman–Crippen LogP) is 2.75. The van der Waals surface area contributed by atoms with Gasteiger partial charge < -0.3 is 5.32 Å². The molecule has 1 aromatic rings. The summed E-state index contributed by atoms with van der Waals surface area (Å²) in [6.07, 6.45) is 3.53. The molecule has 1 aliphatic heterocycles. The lowest BCUT2D eigenvalue weighted by molar-refractivity contribution is 0.376. The van der Waals surface area contributed by atoms with E-state index < -0.39 is 0 Å². The molecule has 16 heavy (non-hydrogen) atoms. The minimum Gasteiger partial charge on any atom is -0.316 e. The third-order valence-corrected chi connectivity index (χ3v) is 3.44. The number of piperidine rings is 1. The Morgan fingerprint density at radius 2 is 2.38 bits per heavy atom. The van der Waals surface area contributed by atoms with Gasteiger partial charge in [-0.25, -0.2) is 0 Å². The minimum atomic E-state index is 0.635. The highest BCUT2D eigenvalue weighted by Crippen LogP contribution is 2.23. The van der Waals surface area contributed by atoms with E-state index in [0.717, 1.165) is 30.1 Å². The van der Waals surface area contributed by atoms with Crippen molar-refractivity contribution >= 4 is 11.6 Å². The first-order valence-electron chi connectivity index (χ1n) is 5.69. The number of halogens is 1. The maximum absolute atomic E-state index is 8.76. The molecular weight excluding hydrogens is 220 g/mol. The van der Waals surface area contributed by atoms with Gasteiger partial charge in [-0.3, -0.25) is 0 Å². The molecule has 0 spiro atoms. The molecule has 0 bridgehead atoms. The molecule has 2 nitrogen and oxygen atoms in total. The zero-order valence-electron chi connectivity index (χ0n) is 9.17. The number of nitrogens with one attached hydrogen (secondary N) is 1. The van der Waals surface area contributed by atoms with E-state index in [-0.39, 0.29) is 0 Å². The molecule has 3 heteroatoms. The van der Waals surface area contributed by atoms with Crippen LogP contribution in [0.5, 0.6) is 0 Å². The molecule has 0 radical (unpaired) electrons. The smallest absolute Gasteiger partial charge is 0.0992 e. The van der Waals surface area contributed by atoms with Crippen molar-refractivity contribution < 1.29 is 0 Å². The third-order valence-electron chi connectivity index (χ3n) is 3.09. The molecule has 1 saturated heterocycles. The lowest BCUT2D eigenvalue weighted by atomic mass is 9.92. The molecule has 1 aromatic carbocycles. The molecule has 0 aliphatic carbocycles. The van der Waals surface area contributed by atoms with Crippen LogP contribution in [0.25, 0.3) is 0 Å². The van der Waals surface area contributed by atoms with Crippen LogP contribution in [-0.2, 0) is 6.42 Å². The van der Waals surface area contributed by atoms with Crippen LogP contribution in [0.1, 0.15) is 24.0 Å². The van der Waals surface area contributed by atoms with E-state index in [1.54, 1.807) is 6.07 Å². The summed E-state index contributed by atoms with van der Waals surface area (Å²) < 4.78 is 0. The Kier molecular flexibility index (Phi) is 3.82. The summed E-state index contributed by atoms with van der Waals surface area (Å²) in [6.45, 7) is 2.22. The van der Waals surface area contributed by atoms with Gasteiger partial charge in [0.1, 0.15) is 0 Å². The van der Waals surface area contributed by atoms with Crippen LogP contribution in [0.4, 0.5) is 0 Å². The van der Waals surface area contributed by atoms with Crippen LogP contribution in [0.2, 0.25) is 5.02 Å². The first kappa shape index (κ1) is 11.4. The van der Waals surface area contributed by atoms with Crippen molar-refractivity contribution in [3.63, 3.8) is 0 Å². The highest BCUT2D eigenvalue weighted by atomic mass is 35.5. The van der Waals surface area contributed by atoms with Gasteiger partial charge in [0.15, 0.2) is 0 Å². The summed E-state index contributed by atoms with van der Waals surface area (Å²) in [5.74, 6) is 0.680. The van der Waals surface area contributed by atoms with E-state index in [4.69, 9.17) is 16.9 Å². The van der Waals surface area contributed by atoms with Gasteiger partial charge in [-0.2, -0.15) is 5.26 Å². The normalized spacial score (nSPS) is 20.4. The van der Waals surface area contributed by atoms with Crippen LogP contribution < -0.4 is 5.32 Å². The second-order valence-electron chi connectivity index (χ2n) is 4.33. The summed E-state index contributed by atoms with van der Waals surface area (Å²) in [5, 5.41) is 12.9. The van der Waals surface area contributed by atoms with Crippen molar-refractivity contribution in [1.29, 1.82) is 5.26 Å². The zero-order valence-corrected chi connectivity index (χ0v) is 9.93. The standard InChI is InChI=1S/C13H15ClN2/c14-13-7-10(8-15)3-4-12(13)6-11-2-1-5-16-9-11/h3-4,7,11,16H,1-2,5-6,9H2. The molecule has 1 unspecified atom stereocenters. The SMILES string of the molecule is N#Cc1ccc(CC2CCCNC2)c(Cl)c1. The second-order valence-corrected chi connectivity index (χ2v) is 4.74. The molecular formula is C13H15ClN2. The van der Waals surface area contributed by atoms with E-state index >= 15 is 0 Å². The molecule has 0 aromatic heterocycles. The Hall–Kier alpha value is -1.04. The van der Waals surface area contributed by atoms with E-state index in [1.165, 1.54) is 12.8 Å². The van der Waals surface area contributed by atoms with Crippen molar-refractivity contribution in [2.24, 2.45) is 5.92 Å². The fourth-order valence-electron chi connectivity index (χ4n) is 2.19. The topological polar surface area (TPSA) is 35.8 Å². The van der Waals surface area contributed by atoms with Crippen LogP contribution in [0, 0.1) is 17.2 Å². The van der Waals surface area contributed by atoms with Crippen molar-refractivity contribution in [3.05, 3.63) is 34.3 Å². The fraction of sp³-hybridized carbons (Fsp3) is 0.462. The van der Waals surface area contributed by atoms with Gasteiger partial charge in [0.2, 0.25) is 0 Å². The third kappa shape index (κ3) is 2.75. The van der Waals surface area contributed by atoms with Crippen molar-refractivity contribution in [3.8, 4) is 6.07 Å². The molecule has 1 atom stereocenters.